The van der Waals surface area contributed by atoms with Gasteiger partial charge in [-0.25, -0.2) is 0 Å². The van der Waals surface area contributed by atoms with Crippen LogP contribution < -0.4 is 0 Å². The Balaban J connectivity index is 1.69. The van der Waals surface area contributed by atoms with Gasteiger partial charge in [0.25, 0.3) is 0 Å². The summed E-state index contributed by atoms with van der Waals surface area (Å²) in [4.78, 5) is 0. The van der Waals surface area contributed by atoms with Crippen molar-refractivity contribution in [2.24, 2.45) is 17.8 Å². The number of ether oxygens (including phenoxy) is 2. The maximum absolute atomic E-state index is 5.78. The Hall–Kier alpha value is 0.620. The molecule has 1 aliphatic heterocycles. The molecule has 0 N–H and O–H groups in total. The van der Waals surface area contributed by atoms with Crippen LogP contribution in [0.15, 0.2) is 9.47 Å². The van der Waals surface area contributed by atoms with Gasteiger partial charge in [-0.2, -0.15) is 0 Å². The fraction of sp³-hybridized carbons (Fsp3) is 0.818. The molecule has 2 aliphatic carbocycles. The molecule has 15 heavy (non-hydrogen) atoms. The zero-order chi connectivity index (χ0) is 10.5. The highest BCUT2D eigenvalue weighted by molar-refractivity contribution is 9.28. The van der Waals surface area contributed by atoms with Gasteiger partial charge >= 0.3 is 0 Å². The van der Waals surface area contributed by atoms with E-state index in [0.29, 0.717) is 11.8 Å². The first-order valence-corrected chi connectivity index (χ1v) is 7.09. The van der Waals surface area contributed by atoms with Gasteiger partial charge in [0.2, 0.25) is 0 Å². The Morgan fingerprint density at radius 1 is 1.20 bits per heavy atom. The van der Waals surface area contributed by atoms with Crippen LogP contribution in [-0.2, 0) is 9.47 Å². The third-order valence-electron chi connectivity index (χ3n) is 3.98. The molecule has 0 aromatic heterocycles. The van der Waals surface area contributed by atoms with Gasteiger partial charge in [-0.15, -0.1) is 0 Å². The molecule has 1 heterocycles. The van der Waals surface area contributed by atoms with E-state index in [9.17, 15) is 0 Å². The molecule has 2 nitrogen and oxygen atoms in total. The van der Waals surface area contributed by atoms with E-state index in [1.807, 2.05) is 0 Å². The quantitative estimate of drug-likeness (QED) is 0.730. The molecule has 3 aliphatic rings. The molecule has 0 bridgehead atoms. The first-order valence-electron chi connectivity index (χ1n) is 5.50. The summed E-state index contributed by atoms with van der Waals surface area (Å²) in [5, 5.41) is 0. The van der Waals surface area contributed by atoms with Crippen LogP contribution in [0, 0.1) is 17.8 Å². The van der Waals surface area contributed by atoms with E-state index in [-0.39, 0.29) is 5.79 Å². The number of hydrogen-bond donors (Lipinski definition) is 0. The smallest absolute Gasteiger partial charge is 0.171 e. The standard InChI is InChI=1S/C11H14Br2O2/c12-10(13)5-7-3-8-6-11(9(8)4-7)14-1-2-15-11/h5,7-9H,1-4,6H2/t7?,8?,9-/m1/s1. The molecule has 1 saturated heterocycles. The van der Waals surface area contributed by atoms with Crippen molar-refractivity contribution < 1.29 is 9.47 Å². The van der Waals surface area contributed by atoms with Crippen molar-refractivity contribution in [1.82, 2.24) is 0 Å². The maximum Gasteiger partial charge on any atom is 0.171 e. The Kier molecular flexibility index (Phi) is 2.74. The molecule has 0 aromatic rings. The average Bonchev–Trinajstić information content (AvgIpc) is 2.71. The van der Waals surface area contributed by atoms with Gasteiger partial charge in [-0.1, -0.05) is 6.08 Å². The van der Waals surface area contributed by atoms with E-state index in [1.54, 1.807) is 0 Å². The summed E-state index contributed by atoms with van der Waals surface area (Å²) in [7, 11) is 0. The van der Waals surface area contributed by atoms with Gasteiger partial charge < -0.3 is 9.47 Å². The van der Waals surface area contributed by atoms with Crippen molar-refractivity contribution in [3.8, 4) is 0 Å². The van der Waals surface area contributed by atoms with Gasteiger partial charge in [0.05, 0.1) is 16.6 Å². The molecule has 3 rings (SSSR count). The monoisotopic (exact) mass is 336 g/mol. The van der Waals surface area contributed by atoms with Gasteiger partial charge in [0.15, 0.2) is 5.79 Å². The summed E-state index contributed by atoms with van der Waals surface area (Å²) in [5.41, 5.74) is 0. The van der Waals surface area contributed by atoms with E-state index >= 15 is 0 Å². The normalized spacial score (nSPS) is 41.3. The molecule has 0 aromatic carbocycles. The highest BCUT2D eigenvalue weighted by Gasteiger charge is 2.61. The minimum atomic E-state index is -0.175. The lowest BCUT2D eigenvalue weighted by atomic mass is 9.70. The van der Waals surface area contributed by atoms with E-state index < -0.39 is 0 Å². The highest BCUT2D eigenvalue weighted by Crippen LogP contribution is 2.59. The van der Waals surface area contributed by atoms with Gasteiger partial charge in [-0.3, -0.25) is 0 Å². The number of halogens is 2. The van der Waals surface area contributed by atoms with Crippen LogP contribution in [0.1, 0.15) is 19.3 Å². The van der Waals surface area contributed by atoms with Gasteiger partial charge in [0.1, 0.15) is 0 Å². The van der Waals surface area contributed by atoms with Crippen molar-refractivity contribution in [3.05, 3.63) is 9.47 Å². The van der Waals surface area contributed by atoms with Gasteiger partial charge in [0, 0.05) is 12.3 Å². The largest absolute Gasteiger partial charge is 0.347 e. The van der Waals surface area contributed by atoms with Crippen LogP contribution in [-0.4, -0.2) is 19.0 Å². The Morgan fingerprint density at radius 2 is 1.93 bits per heavy atom. The molecule has 2 saturated carbocycles. The van der Waals surface area contributed by atoms with E-state index in [1.165, 1.54) is 12.8 Å². The summed E-state index contributed by atoms with van der Waals surface area (Å²) in [5.74, 6) is 1.97. The number of allylic oxidation sites excluding steroid dienone is 1. The molecule has 3 fully saturated rings. The van der Waals surface area contributed by atoms with Crippen molar-refractivity contribution in [1.29, 1.82) is 0 Å². The first kappa shape index (κ1) is 10.8. The second-order valence-electron chi connectivity index (χ2n) is 4.77. The van der Waals surface area contributed by atoms with Crippen LogP contribution in [0.3, 0.4) is 0 Å². The number of fused-ring (bicyclic) bond motifs is 2. The number of rotatable bonds is 1. The third kappa shape index (κ3) is 1.74. The zero-order valence-electron chi connectivity index (χ0n) is 8.42. The molecule has 84 valence electrons. The van der Waals surface area contributed by atoms with Crippen LogP contribution >= 0.6 is 31.9 Å². The predicted molar refractivity (Wildman–Crippen MR) is 64.9 cm³/mol. The minimum Gasteiger partial charge on any atom is -0.347 e. The fourth-order valence-corrected chi connectivity index (χ4v) is 4.15. The second-order valence-corrected chi connectivity index (χ2v) is 7.54. The Labute approximate surface area is 107 Å². The number of hydrogen-bond acceptors (Lipinski definition) is 2. The third-order valence-corrected chi connectivity index (χ3v) is 4.51. The van der Waals surface area contributed by atoms with E-state index in [4.69, 9.17) is 9.47 Å². The zero-order valence-corrected chi connectivity index (χ0v) is 11.6. The topological polar surface area (TPSA) is 18.5 Å². The van der Waals surface area contributed by atoms with Crippen molar-refractivity contribution >= 4 is 31.9 Å². The maximum atomic E-state index is 5.78. The summed E-state index contributed by atoms with van der Waals surface area (Å²) in [6, 6.07) is 0. The van der Waals surface area contributed by atoms with Crippen LogP contribution in [0.4, 0.5) is 0 Å². The SMILES string of the molecule is BrC(Br)=CC1CC2CC3(OCCO3)[C@@H]2C1. The summed E-state index contributed by atoms with van der Waals surface area (Å²) < 4.78 is 12.6. The summed E-state index contributed by atoms with van der Waals surface area (Å²) in [6.45, 7) is 1.57. The molecule has 4 heteroatoms. The molecular formula is C11H14Br2O2. The molecule has 0 amide bonds. The lowest BCUT2D eigenvalue weighted by molar-refractivity contribution is -0.267. The molecule has 0 radical (unpaired) electrons. The lowest BCUT2D eigenvalue weighted by Crippen LogP contribution is -2.52. The molecule has 3 atom stereocenters. The molecule has 2 unspecified atom stereocenters. The van der Waals surface area contributed by atoms with Crippen LogP contribution in [0.25, 0.3) is 0 Å². The predicted octanol–water partition coefficient (Wildman–Crippen LogP) is 3.41. The second kappa shape index (κ2) is 3.83. The fourth-order valence-electron chi connectivity index (χ4n) is 3.41. The summed E-state index contributed by atoms with van der Waals surface area (Å²) >= 11 is 6.87. The first-order chi connectivity index (χ1) is 7.20. The Bertz CT molecular complexity index is 293. The van der Waals surface area contributed by atoms with Crippen LogP contribution in [0.5, 0.6) is 0 Å². The van der Waals surface area contributed by atoms with E-state index in [0.717, 1.165) is 28.9 Å². The lowest BCUT2D eigenvalue weighted by Gasteiger charge is -2.47. The molecule has 1 spiro atoms. The van der Waals surface area contributed by atoms with Crippen molar-refractivity contribution in [2.45, 2.75) is 25.0 Å². The molecular weight excluding hydrogens is 324 g/mol. The average molecular weight is 338 g/mol. The van der Waals surface area contributed by atoms with Crippen LogP contribution in [0.2, 0.25) is 0 Å². The van der Waals surface area contributed by atoms with E-state index in [2.05, 4.69) is 37.9 Å². The van der Waals surface area contributed by atoms with Gasteiger partial charge in [-0.05, 0) is 56.5 Å². The summed E-state index contributed by atoms with van der Waals surface area (Å²) in [6.07, 6.45) is 5.88. The van der Waals surface area contributed by atoms with Crippen molar-refractivity contribution in [2.75, 3.05) is 13.2 Å². The Morgan fingerprint density at radius 3 is 2.60 bits per heavy atom. The van der Waals surface area contributed by atoms with Crippen molar-refractivity contribution in [3.63, 3.8) is 0 Å². The minimum absolute atomic E-state index is 0.175. The highest BCUT2D eigenvalue weighted by atomic mass is 79.9.